The number of rotatable bonds is 0. The van der Waals surface area contributed by atoms with E-state index in [0.29, 0.717) is 0 Å². The smallest absolute Gasteiger partial charge is 0.122 e. The summed E-state index contributed by atoms with van der Waals surface area (Å²) in [5.74, 6) is 0. The molecule has 1 heterocycles. The van der Waals surface area contributed by atoms with E-state index in [1.807, 2.05) is 0 Å². The predicted octanol–water partition coefficient (Wildman–Crippen LogP) is 0.875. The molecule has 0 bridgehead atoms. The first-order valence-corrected chi connectivity index (χ1v) is 1.92. The lowest BCUT2D eigenvalue weighted by Gasteiger charge is -1.77. The molecule has 2 heteroatoms. The Labute approximate surface area is 41.8 Å². The van der Waals surface area contributed by atoms with Crippen LogP contribution in [0.25, 0.3) is 0 Å². The van der Waals surface area contributed by atoms with Gasteiger partial charge in [0.25, 0.3) is 0 Å². The average molecular weight is 94.1 g/mol. The summed E-state index contributed by atoms with van der Waals surface area (Å²) in [5, 5.41) is 3.42. The third kappa shape index (κ3) is 1.22. The Morgan fingerprint density at radius 3 is 3.57 bits per heavy atom. The van der Waals surface area contributed by atoms with Gasteiger partial charge in [0.15, 0.2) is 0 Å². The molecule has 0 saturated heterocycles. The van der Waals surface area contributed by atoms with Crippen molar-refractivity contribution in [3.63, 3.8) is 0 Å². The van der Waals surface area contributed by atoms with Crippen LogP contribution in [-0.4, -0.2) is 6.21 Å². The molecule has 35 valence electrons. The molecule has 0 aromatic rings. The molecule has 1 radical (unpaired) electrons. The van der Waals surface area contributed by atoms with Crippen molar-refractivity contribution in [1.82, 2.24) is 0 Å². The third-order valence-corrected chi connectivity index (χ3v) is 0.520. The summed E-state index contributed by atoms with van der Waals surface area (Å²) in [7, 11) is 0. The van der Waals surface area contributed by atoms with Gasteiger partial charge in [-0.2, -0.15) is 0 Å². The van der Waals surface area contributed by atoms with Crippen LogP contribution in [0, 0.1) is 6.08 Å². The van der Waals surface area contributed by atoms with Gasteiger partial charge in [0.1, 0.15) is 6.26 Å². The Hall–Kier alpha value is -1.05. The van der Waals surface area contributed by atoms with Crippen LogP contribution in [0.4, 0.5) is 0 Å². The second-order valence-corrected chi connectivity index (χ2v) is 1.00. The average Bonchev–Trinajstić information content (AvgIpc) is 1.90. The van der Waals surface area contributed by atoms with Gasteiger partial charge in [0.2, 0.25) is 0 Å². The van der Waals surface area contributed by atoms with Gasteiger partial charge in [0, 0.05) is 6.08 Å². The molecular weight excluding hydrogens is 90.1 g/mol. The summed E-state index contributed by atoms with van der Waals surface area (Å²) in [6.07, 6.45) is 9.09. The van der Waals surface area contributed by atoms with Crippen molar-refractivity contribution in [3.05, 3.63) is 24.5 Å². The number of hydrogen-bond acceptors (Lipinski definition) is 2. The van der Waals surface area contributed by atoms with E-state index in [-0.39, 0.29) is 0 Å². The van der Waals surface area contributed by atoms with Crippen LogP contribution in [0.1, 0.15) is 0 Å². The second kappa shape index (κ2) is 2.18. The van der Waals surface area contributed by atoms with Crippen LogP contribution in [-0.2, 0) is 4.84 Å². The maximum atomic E-state index is 4.49. The van der Waals surface area contributed by atoms with Crippen molar-refractivity contribution in [2.24, 2.45) is 5.16 Å². The van der Waals surface area contributed by atoms with Gasteiger partial charge in [-0.15, -0.1) is 0 Å². The van der Waals surface area contributed by atoms with E-state index < -0.39 is 0 Å². The molecule has 2 nitrogen and oxygen atoms in total. The van der Waals surface area contributed by atoms with E-state index in [9.17, 15) is 0 Å². The quantitative estimate of drug-likeness (QED) is 0.436. The zero-order chi connectivity index (χ0) is 4.95. The topological polar surface area (TPSA) is 21.6 Å². The number of hydrogen-bond donors (Lipinski definition) is 0. The summed E-state index contributed by atoms with van der Waals surface area (Å²) >= 11 is 0. The molecule has 1 aliphatic heterocycles. The number of allylic oxidation sites excluding steroid dienone is 3. The van der Waals surface area contributed by atoms with Gasteiger partial charge in [-0.1, -0.05) is 5.16 Å². The SMILES string of the molecule is [C]1=CC=CON=C1. The molecule has 0 aromatic carbocycles. The van der Waals surface area contributed by atoms with Gasteiger partial charge in [-0.25, -0.2) is 0 Å². The van der Waals surface area contributed by atoms with E-state index in [4.69, 9.17) is 0 Å². The fourth-order valence-corrected chi connectivity index (χ4v) is 0.269. The Balaban J connectivity index is 2.60. The van der Waals surface area contributed by atoms with Crippen LogP contribution >= 0.6 is 0 Å². The molecule has 0 aromatic heterocycles. The van der Waals surface area contributed by atoms with Gasteiger partial charge in [-0.05, 0) is 12.2 Å². The van der Waals surface area contributed by atoms with Crippen LogP contribution in [0.3, 0.4) is 0 Å². The Kier molecular flexibility index (Phi) is 1.28. The zero-order valence-corrected chi connectivity index (χ0v) is 3.66. The highest BCUT2D eigenvalue weighted by Crippen LogP contribution is 1.83. The zero-order valence-electron chi connectivity index (χ0n) is 3.66. The monoisotopic (exact) mass is 94.0 g/mol. The minimum absolute atomic E-state index is 1.46. The Morgan fingerprint density at radius 2 is 2.57 bits per heavy atom. The van der Waals surface area contributed by atoms with Crippen LogP contribution in [0.2, 0.25) is 0 Å². The first-order valence-electron chi connectivity index (χ1n) is 1.92. The summed E-state index contributed by atoms with van der Waals surface area (Å²) in [5.41, 5.74) is 0. The molecule has 0 unspecified atom stereocenters. The maximum Gasteiger partial charge on any atom is 0.122 e. The van der Waals surface area contributed by atoms with Crippen molar-refractivity contribution in [3.8, 4) is 0 Å². The standard InChI is InChI=1S/C5H4NO/c1-2-4-6-7-5-3-1/h1,3-5H. The largest absolute Gasteiger partial charge is 0.365 e. The van der Waals surface area contributed by atoms with Crippen molar-refractivity contribution in [1.29, 1.82) is 0 Å². The highest BCUT2D eigenvalue weighted by atomic mass is 16.6. The van der Waals surface area contributed by atoms with Crippen molar-refractivity contribution in [2.75, 3.05) is 0 Å². The highest BCUT2D eigenvalue weighted by molar-refractivity contribution is 5.66. The molecule has 1 aliphatic rings. The minimum atomic E-state index is 1.46. The first kappa shape index (κ1) is 4.12. The van der Waals surface area contributed by atoms with Crippen molar-refractivity contribution >= 4 is 6.21 Å². The maximum absolute atomic E-state index is 4.49. The lowest BCUT2D eigenvalue weighted by Crippen LogP contribution is -1.62. The summed E-state index contributed by atoms with van der Waals surface area (Å²) in [4.78, 5) is 4.49. The summed E-state index contributed by atoms with van der Waals surface area (Å²) in [6.45, 7) is 0. The van der Waals surface area contributed by atoms with E-state index in [1.54, 1.807) is 12.2 Å². The number of nitrogens with zero attached hydrogens (tertiary/aromatic N) is 1. The van der Waals surface area contributed by atoms with Crippen LogP contribution in [0.15, 0.2) is 23.6 Å². The third-order valence-electron chi connectivity index (χ3n) is 0.520. The molecule has 0 spiro atoms. The number of oxime groups is 1. The summed E-state index contributed by atoms with van der Waals surface area (Å²) in [6, 6.07) is 0. The molecule has 0 amide bonds. The van der Waals surface area contributed by atoms with E-state index in [1.165, 1.54) is 12.5 Å². The molecular formula is C5H4NO. The molecule has 0 N–H and O–H groups in total. The molecule has 0 aliphatic carbocycles. The second-order valence-electron chi connectivity index (χ2n) is 1.00. The van der Waals surface area contributed by atoms with Crippen LogP contribution in [0.5, 0.6) is 0 Å². The van der Waals surface area contributed by atoms with E-state index in [0.717, 1.165) is 0 Å². The minimum Gasteiger partial charge on any atom is -0.365 e. The lowest BCUT2D eigenvalue weighted by atomic mass is 10.5. The highest BCUT2D eigenvalue weighted by Gasteiger charge is 1.71. The van der Waals surface area contributed by atoms with Crippen LogP contribution < -0.4 is 0 Å². The van der Waals surface area contributed by atoms with Gasteiger partial charge in [0.05, 0.1) is 6.21 Å². The molecule has 0 atom stereocenters. The van der Waals surface area contributed by atoms with E-state index >= 15 is 0 Å². The molecule has 1 rings (SSSR count). The molecule has 0 saturated carbocycles. The Morgan fingerprint density at radius 1 is 1.57 bits per heavy atom. The fourth-order valence-electron chi connectivity index (χ4n) is 0.269. The van der Waals surface area contributed by atoms with Gasteiger partial charge in [-0.3, -0.25) is 0 Å². The van der Waals surface area contributed by atoms with Gasteiger partial charge < -0.3 is 4.84 Å². The molecule has 7 heavy (non-hydrogen) atoms. The van der Waals surface area contributed by atoms with Crippen molar-refractivity contribution < 1.29 is 4.84 Å². The fraction of sp³-hybridized carbons (Fsp3) is 0. The van der Waals surface area contributed by atoms with Gasteiger partial charge >= 0.3 is 0 Å². The predicted molar refractivity (Wildman–Crippen MR) is 26.5 cm³/mol. The summed E-state index contributed by atoms with van der Waals surface area (Å²) < 4.78 is 0. The normalized spacial score (nSPS) is 16.0. The first-order chi connectivity index (χ1) is 3.50. The lowest BCUT2D eigenvalue weighted by molar-refractivity contribution is 0.271. The Bertz CT molecular complexity index is 110. The van der Waals surface area contributed by atoms with Crippen molar-refractivity contribution in [2.45, 2.75) is 0 Å². The molecule has 0 fully saturated rings. The van der Waals surface area contributed by atoms with E-state index in [2.05, 4.69) is 16.1 Å².